The molecule has 13 heavy (non-hydrogen) atoms. The third-order valence-electron chi connectivity index (χ3n) is 2.65. The molecule has 0 bridgehead atoms. The van der Waals surface area contributed by atoms with Gasteiger partial charge in [-0.05, 0) is 18.9 Å². The third-order valence-corrected chi connectivity index (χ3v) is 2.65. The van der Waals surface area contributed by atoms with Gasteiger partial charge in [0.15, 0.2) is 5.78 Å². The van der Waals surface area contributed by atoms with Crippen LogP contribution in [0.5, 0.6) is 0 Å². The third kappa shape index (κ3) is 2.52. The van der Waals surface area contributed by atoms with E-state index < -0.39 is 0 Å². The number of rotatable bonds is 3. The first-order valence-corrected chi connectivity index (χ1v) is 4.73. The lowest BCUT2D eigenvalue weighted by molar-refractivity contribution is -0.115. The fourth-order valence-electron chi connectivity index (χ4n) is 1.62. The molecule has 0 spiro atoms. The van der Waals surface area contributed by atoms with Crippen molar-refractivity contribution in [3.63, 3.8) is 0 Å². The van der Waals surface area contributed by atoms with Crippen LogP contribution in [0, 0.1) is 5.41 Å². The molecule has 0 radical (unpaired) electrons. The Kier molecular flexibility index (Phi) is 3.43. The Morgan fingerprint density at radius 2 is 2.46 bits per heavy atom. The van der Waals surface area contributed by atoms with E-state index in [9.17, 15) is 4.79 Å². The summed E-state index contributed by atoms with van der Waals surface area (Å²) in [5.74, 6) is 0.210. The average Bonchev–Trinajstić information content (AvgIpc) is 2.18. The molecule has 2 heteroatoms. The van der Waals surface area contributed by atoms with Crippen LogP contribution in [0.25, 0.3) is 0 Å². The molecule has 0 heterocycles. The lowest BCUT2D eigenvalue weighted by atomic mass is 9.76. The molecule has 1 rings (SSSR count). The summed E-state index contributed by atoms with van der Waals surface area (Å²) in [6.07, 6.45) is 9.86. The fraction of sp³-hybridized carbons (Fsp3) is 0.545. The van der Waals surface area contributed by atoms with Gasteiger partial charge in [-0.3, -0.25) is 4.79 Å². The minimum atomic E-state index is 0.0106. The summed E-state index contributed by atoms with van der Waals surface area (Å²) in [4.78, 5) is 11.0. The van der Waals surface area contributed by atoms with Crippen molar-refractivity contribution in [1.29, 1.82) is 0 Å². The quantitative estimate of drug-likeness (QED) is 0.673. The molecule has 0 aliphatic heterocycles. The molecule has 0 amide bonds. The highest BCUT2D eigenvalue weighted by Crippen LogP contribution is 2.34. The van der Waals surface area contributed by atoms with E-state index >= 15 is 0 Å². The van der Waals surface area contributed by atoms with Gasteiger partial charge < -0.3 is 5.11 Å². The normalized spacial score (nSPS) is 28.6. The van der Waals surface area contributed by atoms with Crippen molar-refractivity contribution in [1.82, 2.24) is 0 Å². The smallest absolute Gasteiger partial charge is 0.155 e. The second-order valence-corrected chi connectivity index (χ2v) is 3.47. The minimum Gasteiger partial charge on any atom is -0.392 e. The maximum atomic E-state index is 11.0. The molecule has 1 N–H and O–H groups in total. The summed E-state index contributed by atoms with van der Waals surface area (Å²) < 4.78 is 0. The Bertz CT molecular complexity index is 240. The molecule has 0 aromatic rings. The van der Waals surface area contributed by atoms with Gasteiger partial charge in [-0.2, -0.15) is 0 Å². The molecule has 72 valence electrons. The zero-order valence-electron chi connectivity index (χ0n) is 7.99. The molecule has 1 unspecified atom stereocenters. The van der Waals surface area contributed by atoms with Crippen molar-refractivity contribution in [2.45, 2.75) is 26.2 Å². The van der Waals surface area contributed by atoms with E-state index in [1.165, 1.54) is 0 Å². The number of hydrogen-bond acceptors (Lipinski definition) is 2. The number of aliphatic hydroxyl groups is 1. The summed E-state index contributed by atoms with van der Waals surface area (Å²) in [6.45, 7) is 2.17. The second-order valence-electron chi connectivity index (χ2n) is 3.47. The van der Waals surface area contributed by atoms with Gasteiger partial charge in [0.05, 0.1) is 6.61 Å². The first-order valence-electron chi connectivity index (χ1n) is 4.73. The molecule has 2 nitrogen and oxygen atoms in total. The van der Waals surface area contributed by atoms with Crippen LogP contribution in [-0.2, 0) is 4.79 Å². The van der Waals surface area contributed by atoms with Crippen LogP contribution in [0.1, 0.15) is 26.2 Å². The van der Waals surface area contributed by atoms with Crippen LogP contribution < -0.4 is 0 Å². The number of ketones is 1. The molecule has 0 fully saturated rings. The number of carbonyl (C=O) groups is 1. The molecule has 0 aromatic heterocycles. The van der Waals surface area contributed by atoms with Crippen molar-refractivity contribution >= 4 is 5.78 Å². The minimum absolute atomic E-state index is 0.0106. The number of hydrogen-bond donors (Lipinski definition) is 1. The zero-order valence-corrected chi connectivity index (χ0v) is 7.99. The standard InChI is InChI=1S/C11H16O2/c1-2-11(6-3-9-12)7-4-10(13)5-8-11/h3-4,6-7,12H,2,5,8-9H2,1H3/b6-3+. The van der Waals surface area contributed by atoms with E-state index in [4.69, 9.17) is 5.11 Å². The van der Waals surface area contributed by atoms with Crippen LogP contribution >= 0.6 is 0 Å². The van der Waals surface area contributed by atoms with E-state index in [0.29, 0.717) is 6.42 Å². The SMILES string of the molecule is CCC1(/C=C/CO)C=CC(=O)CC1. The highest BCUT2D eigenvalue weighted by atomic mass is 16.2. The molecule has 1 atom stereocenters. The first kappa shape index (κ1) is 10.2. The van der Waals surface area contributed by atoms with Crippen LogP contribution in [0.3, 0.4) is 0 Å². The average molecular weight is 180 g/mol. The Balaban J connectivity index is 2.76. The molecule has 1 aliphatic carbocycles. The number of allylic oxidation sites excluding steroid dienone is 3. The summed E-state index contributed by atoms with van der Waals surface area (Å²) in [6, 6.07) is 0. The van der Waals surface area contributed by atoms with Gasteiger partial charge in [-0.25, -0.2) is 0 Å². The predicted octanol–water partition coefficient (Wildman–Crippen LogP) is 1.85. The van der Waals surface area contributed by atoms with Gasteiger partial charge in [-0.1, -0.05) is 25.2 Å². The Labute approximate surface area is 79.0 Å². The largest absolute Gasteiger partial charge is 0.392 e. The van der Waals surface area contributed by atoms with Crippen molar-refractivity contribution in [3.8, 4) is 0 Å². The lowest BCUT2D eigenvalue weighted by Gasteiger charge is -2.28. The van der Waals surface area contributed by atoms with E-state index in [2.05, 4.69) is 6.92 Å². The highest BCUT2D eigenvalue weighted by Gasteiger charge is 2.25. The molecule has 1 aliphatic rings. The van der Waals surface area contributed by atoms with Gasteiger partial charge in [-0.15, -0.1) is 0 Å². The van der Waals surface area contributed by atoms with Crippen LogP contribution in [0.4, 0.5) is 0 Å². The van der Waals surface area contributed by atoms with Gasteiger partial charge in [0.2, 0.25) is 0 Å². The van der Waals surface area contributed by atoms with E-state index in [-0.39, 0.29) is 17.8 Å². The summed E-state index contributed by atoms with van der Waals surface area (Å²) in [7, 11) is 0. The van der Waals surface area contributed by atoms with Gasteiger partial charge >= 0.3 is 0 Å². The Hall–Kier alpha value is -0.890. The first-order chi connectivity index (χ1) is 6.22. The monoisotopic (exact) mass is 180 g/mol. The predicted molar refractivity (Wildman–Crippen MR) is 52.3 cm³/mol. The molecule has 0 saturated carbocycles. The summed E-state index contributed by atoms with van der Waals surface area (Å²) in [5.41, 5.74) is 0.0106. The van der Waals surface area contributed by atoms with E-state index in [0.717, 1.165) is 12.8 Å². The fourth-order valence-corrected chi connectivity index (χ4v) is 1.62. The highest BCUT2D eigenvalue weighted by molar-refractivity contribution is 5.90. The van der Waals surface area contributed by atoms with E-state index in [1.807, 2.05) is 12.2 Å². The molecule has 0 saturated heterocycles. The second kappa shape index (κ2) is 4.38. The van der Waals surface area contributed by atoms with Crippen molar-refractivity contribution in [2.75, 3.05) is 6.61 Å². The van der Waals surface area contributed by atoms with Crippen LogP contribution in [-0.4, -0.2) is 17.5 Å². The number of carbonyl (C=O) groups excluding carboxylic acids is 1. The summed E-state index contributed by atoms with van der Waals surface area (Å²) in [5, 5.41) is 8.68. The van der Waals surface area contributed by atoms with Crippen LogP contribution in [0.2, 0.25) is 0 Å². The van der Waals surface area contributed by atoms with Crippen molar-refractivity contribution in [2.24, 2.45) is 5.41 Å². The number of aliphatic hydroxyl groups excluding tert-OH is 1. The maximum Gasteiger partial charge on any atom is 0.155 e. The van der Waals surface area contributed by atoms with E-state index in [1.54, 1.807) is 12.2 Å². The molecular formula is C11H16O2. The van der Waals surface area contributed by atoms with Gasteiger partial charge in [0.1, 0.15) is 0 Å². The van der Waals surface area contributed by atoms with Crippen LogP contribution in [0.15, 0.2) is 24.3 Å². The summed E-state index contributed by atoms with van der Waals surface area (Å²) >= 11 is 0. The zero-order chi connectivity index (χ0) is 9.73. The molecular weight excluding hydrogens is 164 g/mol. The van der Waals surface area contributed by atoms with Gasteiger partial charge in [0, 0.05) is 11.8 Å². The van der Waals surface area contributed by atoms with Crippen molar-refractivity contribution < 1.29 is 9.90 Å². The topological polar surface area (TPSA) is 37.3 Å². The molecule has 0 aromatic carbocycles. The van der Waals surface area contributed by atoms with Gasteiger partial charge in [0.25, 0.3) is 0 Å². The lowest BCUT2D eigenvalue weighted by Crippen LogP contribution is -2.19. The Morgan fingerprint density at radius 3 is 2.92 bits per heavy atom. The maximum absolute atomic E-state index is 11.0. The van der Waals surface area contributed by atoms with Crippen molar-refractivity contribution in [3.05, 3.63) is 24.3 Å². The Morgan fingerprint density at radius 1 is 1.69 bits per heavy atom.